The molecule has 2 aliphatic heterocycles. The fraction of sp³-hybridized carbons (Fsp3) is 0.273. The van der Waals surface area contributed by atoms with Crippen molar-refractivity contribution >= 4 is 39.3 Å². The van der Waals surface area contributed by atoms with Crippen molar-refractivity contribution in [2.75, 3.05) is 31.6 Å². The first kappa shape index (κ1) is 24.5. The first-order valence-electron chi connectivity index (χ1n) is 13.9. The number of aromatic amines is 2. The lowest BCUT2D eigenvalue weighted by molar-refractivity contribution is -0.137. The van der Waals surface area contributed by atoms with E-state index in [0.717, 1.165) is 35.3 Å². The normalized spacial score (nSPS) is 19.0. The molecule has 0 aliphatic carbocycles. The maximum absolute atomic E-state index is 13.7. The SMILES string of the molecule is COc1ccc(N2C[C@H](C(=O)N3CCC(c4c[nH]c5ccccc45)(c4c[nH]c5ccccc45)CC3)CC2=O)cc1. The largest absolute Gasteiger partial charge is 0.497 e. The molecule has 7 heteroatoms. The molecular weight excluding hydrogens is 500 g/mol. The molecule has 4 heterocycles. The van der Waals surface area contributed by atoms with Gasteiger partial charge < -0.3 is 24.5 Å². The molecule has 0 spiro atoms. The van der Waals surface area contributed by atoms with Crippen molar-refractivity contribution in [3.8, 4) is 5.75 Å². The van der Waals surface area contributed by atoms with Gasteiger partial charge in [0.25, 0.3) is 0 Å². The molecule has 2 amide bonds. The molecule has 0 radical (unpaired) electrons. The topological polar surface area (TPSA) is 81.4 Å². The summed E-state index contributed by atoms with van der Waals surface area (Å²) < 4.78 is 5.25. The molecule has 202 valence electrons. The van der Waals surface area contributed by atoms with Gasteiger partial charge in [-0.25, -0.2) is 0 Å². The number of H-pyrrole nitrogens is 2. The van der Waals surface area contributed by atoms with Gasteiger partial charge in [-0.2, -0.15) is 0 Å². The van der Waals surface area contributed by atoms with Crippen LogP contribution in [0.5, 0.6) is 5.75 Å². The maximum Gasteiger partial charge on any atom is 0.228 e. The lowest BCUT2D eigenvalue weighted by atomic mass is 9.67. The van der Waals surface area contributed by atoms with Crippen LogP contribution in [0.4, 0.5) is 5.69 Å². The summed E-state index contributed by atoms with van der Waals surface area (Å²) in [5.74, 6) is 0.483. The van der Waals surface area contributed by atoms with Crippen LogP contribution in [-0.2, 0) is 15.0 Å². The summed E-state index contributed by atoms with van der Waals surface area (Å²) in [7, 11) is 1.62. The zero-order valence-electron chi connectivity index (χ0n) is 22.5. The van der Waals surface area contributed by atoms with E-state index in [0.29, 0.717) is 19.6 Å². The Bertz CT molecular complexity index is 1630. The van der Waals surface area contributed by atoms with E-state index in [1.54, 1.807) is 12.0 Å². The molecule has 0 bridgehead atoms. The van der Waals surface area contributed by atoms with E-state index in [2.05, 4.69) is 70.9 Å². The summed E-state index contributed by atoms with van der Waals surface area (Å²) in [5, 5.41) is 2.45. The fourth-order valence-electron chi connectivity index (χ4n) is 6.87. The van der Waals surface area contributed by atoms with Gasteiger partial charge in [0.15, 0.2) is 0 Å². The number of methoxy groups -OCH3 is 1. The Morgan fingerprint density at radius 2 is 1.43 bits per heavy atom. The van der Waals surface area contributed by atoms with Crippen LogP contribution in [0, 0.1) is 5.92 Å². The van der Waals surface area contributed by atoms with Gasteiger partial charge in [0.1, 0.15) is 5.75 Å². The molecule has 2 aromatic heterocycles. The van der Waals surface area contributed by atoms with E-state index in [1.807, 2.05) is 29.2 Å². The van der Waals surface area contributed by atoms with Gasteiger partial charge in [0.05, 0.1) is 13.0 Å². The van der Waals surface area contributed by atoms with Crippen LogP contribution in [-0.4, -0.2) is 53.4 Å². The van der Waals surface area contributed by atoms with Crippen LogP contribution in [0.3, 0.4) is 0 Å². The Labute approximate surface area is 232 Å². The van der Waals surface area contributed by atoms with Crippen molar-refractivity contribution in [1.82, 2.24) is 14.9 Å². The number of piperidine rings is 1. The number of carbonyl (C=O) groups is 2. The van der Waals surface area contributed by atoms with Crippen LogP contribution in [0.1, 0.15) is 30.4 Å². The molecule has 0 unspecified atom stereocenters. The number of amides is 2. The molecular formula is C33H32N4O3. The molecule has 1 atom stereocenters. The van der Waals surface area contributed by atoms with Crippen molar-refractivity contribution in [3.05, 3.63) is 96.3 Å². The standard InChI is InChI=1S/C33H32N4O3/c1-40-24-12-10-23(11-13-24)37-21-22(18-31(37)38)32(39)36-16-14-33(15-17-36,27-19-34-29-8-4-2-6-25(27)29)28-20-35-30-9-5-3-7-26(28)30/h2-13,19-20,22,34-35H,14-18,21H2,1H3/t22-/m1/s1. The van der Waals surface area contributed by atoms with Crippen molar-refractivity contribution in [1.29, 1.82) is 0 Å². The Balaban J connectivity index is 1.16. The van der Waals surface area contributed by atoms with E-state index in [1.165, 1.54) is 21.9 Å². The highest BCUT2D eigenvalue weighted by Crippen LogP contribution is 2.47. The van der Waals surface area contributed by atoms with Gasteiger partial charge >= 0.3 is 0 Å². The number of nitrogens with zero attached hydrogens (tertiary/aromatic N) is 2. The Morgan fingerprint density at radius 3 is 2.00 bits per heavy atom. The number of para-hydroxylation sites is 2. The van der Waals surface area contributed by atoms with E-state index >= 15 is 0 Å². The van der Waals surface area contributed by atoms with E-state index < -0.39 is 0 Å². The number of hydrogen-bond donors (Lipinski definition) is 2. The summed E-state index contributed by atoms with van der Waals surface area (Å²) >= 11 is 0. The highest BCUT2D eigenvalue weighted by atomic mass is 16.5. The van der Waals surface area contributed by atoms with E-state index in [-0.39, 0.29) is 29.6 Å². The minimum Gasteiger partial charge on any atom is -0.497 e. The summed E-state index contributed by atoms with van der Waals surface area (Å²) in [6.07, 6.45) is 6.19. The van der Waals surface area contributed by atoms with Gasteiger partial charge in [-0.15, -0.1) is 0 Å². The molecule has 2 saturated heterocycles. The van der Waals surface area contributed by atoms with Gasteiger partial charge in [-0.3, -0.25) is 9.59 Å². The third-order valence-electron chi connectivity index (χ3n) is 9.00. The van der Waals surface area contributed by atoms with Gasteiger partial charge in [-0.1, -0.05) is 36.4 Å². The fourth-order valence-corrected chi connectivity index (χ4v) is 6.87. The van der Waals surface area contributed by atoms with Gasteiger partial charge in [-0.05, 0) is 60.4 Å². The molecule has 5 aromatic rings. The minimum atomic E-state index is -0.330. The lowest BCUT2D eigenvalue weighted by Gasteiger charge is -2.43. The number of aromatic nitrogens is 2. The maximum atomic E-state index is 13.7. The number of hydrogen-bond acceptors (Lipinski definition) is 3. The number of benzene rings is 3. The van der Waals surface area contributed by atoms with Crippen LogP contribution in [0.2, 0.25) is 0 Å². The highest BCUT2D eigenvalue weighted by molar-refractivity contribution is 6.00. The Kier molecular flexibility index (Phi) is 5.88. The van der Waals surface area contributed by atoms with Crippen molar-refractivity contribution in [2.24, 2.45) is 5.92 Å². The summed E-state index contributed by atoms with van der Waals surface area (Å²) in [5.41, 5.74) is 5.37. The number of fused-ring (bicyclic) bond motifs is 2. The third-order valence-corrected chi connectivity index (χ3v) is 9.00. The predicted molar refractivity (Wildman–Crippen MR) is 157 cm³/mol. The molecule has 0 saturated carbocycles. The Hall–Kier alpha value is -4.52. The number of nitrogens with one attached hydrogen (secondary N) is 2. The van der Waals surface area contributed by atoms with Crippen LogP contribution < -0.4 is 9.64 Å². The average molecular weight is 533 g/mol. The third kappa shape index (κ3) is 3.87. The van der Waals surface area contributed by atoms with Crippen LogP contribution in [0.25, 0.3) is 21.8 Å². The second kappa shape index (κ2) is 9.59. The van der Waals surface area contributed by atoms with Gasteiger partial charge in [0, 0.05) is 71.4 Å². The number of carbonyl (C=O) groups excluding carboxylic acids is 2. The summed E-state index contributed by atoms with van der Waals surface area (Å²) in [6, 6.07) is 24.3. The van der Waals surface area contributed by atoms with E-state index in [4.69, 9.17) is 4.74 Å². The summed E-state index contributed by atoms with van der Waals surface area (Å²) in [6.45, 7) is 1.70. The van der Waals surface area contributed by atoms with Crippen molar-refractivity contribution in [2.45, 2.75) is 24.7 Å². The number of ether oxygens (including phenoxy) is 1. The molecule has 7 nitrogen and oxygen atoms in total. The van der Waals surface area contributed by atoms with Crippen molar-refractivity contribution < 1.29 is 14.3 Å². The quantitative estimate of drug-likeness (QED) is 0.308. The van der Waals surface area contributed by atoms with E-state index in [9.17, 15) is 9.59 Å². The summed E-state index contributed by atoms with van der Waals surface area (Å²) in [4.78, 5) is 37.3. The smallest absolute Gasteiger partial charge is 0.228 e. The molecule has 2 aliphatic rings. The monoisotopic (exact) mass is 532 g/mol. The van der Waals surface area contributed by atoms with Crippen LogP contribution in [0.15, 0.2) is 85.2 Å². The predicted octanol–water partition coefficient (Wildman–Crippen LogP) is 5.62. The number of rotatable bonds is 5. The highest BCUT2D eigenvalue weighted by Gasteiger charge is 2.44. The number of anilines is 1. The molecule has 3 aromatic carbocycles. The second-order valence-corrected chi connectivity index (χ2v) is 11.0. The minimum absolute atomic E-state index is 0.00698. The second-order valence-electron chi connectivity index (χ2n) is 11.0. The zero-order chi connectivity index (χ0) is 27.3. The molecule has 2 fully saturated rings. The first-order valence-corrected chi connectivity index (χ1v) is 13.9. The number of likely N-dealkylation sites (tertiary alicyclic amines) is 1. The molecule has 40 heavy (non-hydrogen) atoms. The van der Waals surface area contributed by atoms with Gasteiger partial charge in [0.2, 0.25) is 11.8 Å². The Morgan fingerprint density at radius 1 is 0.850 bits per heavy atom. The van der Waals surface area contributed by atoms with Crippen molar-refractivity contribution in [3.63, 3.8) is 0 Å². The molecule has 2 N–H and O–H groups in total. The zero-order valence-corrected chi connectivity index (χ0v) is 22.5. The lowest BCUT2D eigenvalue weighted by Crippen LogP contribution is -2.47. The average Bonchev–Trinajstić information content (AvgIpc) is 3.74. The molecule has 7 rings (SSSR count). The first-order chi connectivity index (χ1) is 19.6. The van der Waals surface area contributed by atoms with Crippen LogP contribution >= 0.6 is 0 Å².